The van der Waals surface area contributed by atoms with E-state index in [2.05, 4.69) is 5.32 Å². The van der Waals surface area contributed by atoms with Gasteiger partial charge in [0.1, 0.15) is 11.9 Å². The number of carbonyl (C=O) groups excluding carboxylic acids is 1. The molecule has 0 spiro atoms. The van der Waals surface area contributed by atoms with Gasteiger partial charge in [-0.1, -0.05) is 0 Å². The van der Waals surface area contributed by atoms with Crippen LogP contribution in [0.2, 0.25) is 0 Å². The summed E-state index contributed by atoms with van der Waals surface area (Å²) in [4.78, 5) is 24.4. The summed E-state index contributed by atoms with van der Waals surface area (Å²) in [6.45, 7) is 0.465. The molecule has 1 aromatic carbocycles. The van der Waals surface area contributed by atoms with E-state index in [0.717, 1.165) is 18.6 Å². The van der Waals surface area contributed by atoms with Gasteiger partial charge in [-0.05, 0) is 31.0 Å². The van der Waals surface area contributed by atoms with Gasteiger partial charge in [0.15, 0.2) is 0 Å². The number of carboxylic acids is 1. The van der Waals surface area contributed by atoms with E-state index in [1.807, 2.05) is 6.07 Å². The Kier molecular flexibility index (Phi) is 4.38. The second-order valence-electron chi connectivity index (χ2n) is 4.82. The monoisotopic (exact) mass is 291 g/mol. The van der Waals surface area contributed by atoms with Crippen molar-refractivity contribution in [3.8, 4) is 6.07 Å². The third-order valence-corrected chi connectivity index (χ3v) is 3.39. The average molecular weight is 291 g/mol. The first-order valence-electron chi connectivity index (χ1n) is 6.50. The minimum Gasteiger partial charge on any atom is -0.481 e. The Labute approximate surface area is 120 Å². The lowest BCUT2D eigenvalue weighted by molar-refractivity contribution is -0.137. The Morgan fingerprint density at radius 3 is 2.95 bits per heavy atom. The molecule has 1 aliphatic rings. The summed E-state index contributed by atoms with van der Waals surface area (Å²) < 4.78 is 13.0. The smallest absolute Gasteiger partial charge is 0.322 e. The number of carboxylic acid groups (broad SMARTS) is 1. The normalized spacial score (nSPS) is 17.3. The van der Waals surface area contributed by atoms with Crippen molar-refractivity contribution in [3.05, 3.63) is 29.6 Å². The highest BCUT2D eigenvalue weighted by Crippen LogP contribution is 2.23. The van der Waals surface area contributed by atoms with Crippen LogP contribution < -0.4 is 5.32 Å². The number of benzene rings is 1. The van der Waals surface area contributed by atoms with Crippen molar-refractivity contribution in [1.82, 2.24) is 4.90 Å². The number of nitriles is 1. The first kappa shape index (κ1) is 14.8. The van der Waals surface area contributed by atoms with E-state index < -0.39 is 17.8 Å². The summed E-state index contributed by atoms with van der Waals surface area (Å²) in [6.07, 6.45) is 1.26. The second-order valence-corrected chi connectivity index (χ2v) is 4.82. The van der Waals surface area contributed by atoms with Crippen LogP contribution in [0.3, 0.4) is 0 Å². The zero-order chi connectivity index (χ0) is 15.4. The van der Waals surface area contributed by atoms with Gasteiger partial charge in [0.2, 0.25) is 0 Å². The van der Waals surface area contributed by atoms with E-state index in [-0.39, 0.29) is 23.7 Å². The molecule has 6 nitrogen and oxygen atoms in total. The Balaban J connectivity index is 2.11. The molecule has 0 aromatic heterocycles. The van der Waals surface area contributed by atoms with Crippen LogP contribution in [0.4, 0.5) is 14.9 Å². The topological polar surface area (TPSA) is 93.4 Å². The number of likely N-dealkylation sites (tertiary alicyclic amines) is 1. The molecule has 1 heterocycles. The van der Waals surface area contributed by atoms with Crippen molar-refractivity contribution in [2.45, 2.75) is 25.3 Å². The van der Waals surface area contributed by atoms with Gasteiger partial charge in [0.25, 0.3) is 0 Å². The predicted octanol–water partition coefficient (Wildman–Crippen LogP) is 2.17. The summed E-state index contributed by atoms with van der Waals surface area (Å²) in [6, 6.07) is 4.48. The Morgan fingerprint density at radius 1 is 1.52 bits per heavy atom. The molecule has 1 aromatic rings. The van der Waals surface area contributed by atoms with Crippen molar-refractivity contribution in [1.29, 1.82) is 5.26 Å². The van der Waals surface area contributed by atoms with Crippen molar-refractivity contribution in [2.24, 2.45) is 0 Å². The molecule has 7 heteroatoms. The Hall–Kier alpha value is -2.62. The maximum Gasteiger partial charge on any atom is 0.322 e. The summed E-state index contributed by atoms with van der Waals surface area (Å²) in [7, 11) is 0. The molecule has 1 atom stereocenters. The molecular weight excluding hydrogens is 277 g/mol. The van der Waals surface area contributed by atoms with E-state index in [4.69, 9.17) is 10.4 Å². The van der Waals surface area contributed by atoms with Gasteiger partial charge < -0.3 is 15.3 Å². The number of nitrogens with zero attached hydrogens (tertiary/aromatic N) is 2. The zero-order valence-electron chi connectivity index (χ0n) is 11.2. The van der Waals surface area contributed by atoms with Gasteiger partial charge in [0.05, 0.1) is 17.7 Å². The van der Waals surface area contributed by atoms with E-state index in [0.29, 0.717) is 13.0 Å². The first-order valence-corrected chi connectivity index (χ1v) is 6.50. The summed E-state index contributed by atoms with van der Waals surface area (Å²) in [5, 5.41) is 20.3. The molecule has 21 heavy (non-hydrogen) atoms. The van der Waals surface area contributed by atoms with E-state index >= 15 is 0 Å². The number of halogens is 1. The van der Waals surface area contributed by atoms with Gasteiger partial charge in [-0.25, -0.2) is 9.18 Å². The zero-order valence-corrected chi connectivity index (χ0v) is 11.2. The maximum absolute atomic E-state index is 13.0. The van der Waals surface area contributed by atoms with Gasteiger partial charge in [0, 0.05) is 12.6 Å². The lowest BCUT2D eigenvalue weighted by Gasteiger charge is -2.24. The molecule has 1 aliphatic heterocycles. The van der Waals surface area contributed by atoms with Crippen LogP contribution in [0, 0.1) is 17.1 Å². The first-order chi connectivity index (χ1) is 10.0. The van der Waals surface area contributed by atoms with Crippen LogP contribution in [0.25, 0.3) is 0 Å². The molecular formula is C14H14FN3O3. The Morgan fingerprint density at radius 2 is 2.29 bits per heavy atom. The van der Waals surface area contributed by atoms with Gasteiger partial charge in [-0.3, -0.25) is 4.79 Å². The average Bonchev–Trinajstić information content (AvgIpc) is 2.88. The predicted molar refractivity (Wildman–Crippen MR) is 72.1 cm³/mol. The van der Waals surface area contributed by atoms with Gasteiger partial charge >= 0.3 is 12.0 Å². The summed E-state index contributed by atoms with van der Waals surface area (Å²) in [5.74, 6) is -1.52. The molecule has 1 saturated heterocycles. The van der Waals surface area contributed by atoms with Gasteiger partial charge in [-0.15, -0.1) is 0 Å². The number of rotatable bonds is 3. The number of nitrogens with one attached hydrogen (secondary N) is 1. The van der Waals surface area contributed by atoms with Crippen LogP contribution >= 0.6 is 0 Å². The highest BCUT2D eigenvalue weighted by molar-refractivity contribution is 5.91. The van der Waals surface area contributed by atoms with Gasteiger partial charge in [-0.2, -0.15) is 5.26 Å². The lowest BCUT2D eigenvalue weighted by atomic mass is 10.1. The fraction of sp³-hybridized carbons (Fsp3) is 0.357. The van der Waals surface area contributed by atoms with Crippen LogP contribution in [0.15, 0.2) is 18.2 Å². The van der Waals surface area contributed by atoms with Crippen molar-refractivity contribution in [3.63, 3.8) is 0 Å². The molecule has 1 fully saturated rings. The number of aliphatic carboxylic acids is 1. The van der Waals surface area contributed by atoms with Crippen molar-refractivity contribution < 1.29 is 19.1 Å². The SMILES string of the molecule is N#Cc1cc(F)ccc1NC(=O)N1CCCC1CC(=O)O. The van der Waals surface area contributed by atoms with E-state index in [1.165, 1.54) is 11.0 Å². The standard InChI is InChI=1S/C14H14FN3O3/c15-10-3-4-12(9(6-10)8-16)17-14(21)18-5-1-2-11(18)7-13(19)20/h3-4,6,11H,1-2,5,7H2,(H,17,21)(H,19,20). The molecule has 0 radical (unpaired) electrons. The molecule has 110 valence electrons. The molecule has 1 unspecified atom stereocenters. The number of hydrogen-bond donors (Lipinski definition) is 2. The van der Waals surface area contributed by atoms with Crippen LogP contribution in [-0.4, -0.2) is 34.6 Å². The molecule has 2 N–H and O–H groups in total. The third kappa shape index (κ3) is 3.48. The van der Waals surface area contributed by atoms with E-state index in [1.54, 1.807) is 0 Å². The van der Waals surface area contributed by atoms with Crippen LogP contribution in [0.1, 0.15) is 24.8 Å². The fourth-order valence-corrected chi connectivity index (χ4v) is 2.42. The number of hydrogen-bond acceptors (Lipinski definition) is 3. The Bertz CT molecular complexity index is 612. The number of urea groups is 1. The van der Waals surface area contributed by atoms with E-state index in [9.17, 15) is 14.0 Å². The second kappa shape index (κ2) is 6.22. The highest BCUT2D eigenvalue weighted by atomic mass is 19.1. The molecule has 2 amide bonds. The quantitative estimate of drug-likeness (QED) is 0.892. The number of anilines is 1. The van der Waals surface area contributed by atoms with Crippen LogP contribution in [0.5, 0.6) is 0 Å². The highest BCUT2D eigenvalue weighted by Gasteiger charge is 2.30. The summed E-state index contributed by atoms with van der Waals surface area (Å²) in [5.41, 5.74) is 0.238. The number of amides is 2. The summed E-state index contributed by atoms with van der Waals surface area (Å²) >= 11 is 0. The minimum atomic E-state index is -0.959. The van der Waals surface area contributed by atoms with Crippen LogP contribution in [-0.2, 0) is 4.79 Å². The van der Waals surface area contributed by atoms with Crippen molar-refractivity contribution in [2.75, 3.05) is 11.9 Å². The third-order valence-electron chi connectivity index (χ3n) is 3.39. The number of carbonyl (C=O) groups is 2. The fourth-order valence-electron chi connectivity index (χ4n) is 2.42. The minimum absolute atomic E-state index is 0.0253. The molecule has 0 bridgehead atoms. The molecule has 0 aliphatic carbocycles. The lowest BCUT2D eigenvalue weighted by Crippen LogP contribution is -2.39. The molecule has 2 rings (SSSR count). The molecule has 0 saturated carbocycles. The maximum atomic E-state index is 13.0. The largest absolute Gasteiger partial charge is 0.481 e. The van der Waals surface area contributed by atoms with Crippen molar-refractivity contribution >= 4 is 17.7 Å².